The molecule has 9 heteroatoms. The molecule has 0 saturated heterocycles. The van der Waals surface area contributed by atoms with E-state index >= 15 is 0 Å². The van der Waals surface area contributed by atoms with Gasteiger partial charge >= 0.3 is 11.9 Å². The summed E-state index contributed by atoms with van der Waals surface area (Å²) < 4.78 is 0. The molecule has 0 aromatic heterocycles. The zero-order valence-electron chi connectivity index (χ0n) is 16.3. The molecule has 0 rings (SSSR count). The van der Waals surface area contributed by atoms with Gasteiger partial charge in [0.15, 0.2) is 0 Å². The second-order valence-corrected chi connectivity index (χ2v) is 6.18. The maximum absolute atomic E-state index is 9.90. The molecular weight excluding hydrogens is 360 g/mol. The van der Waals surface area contributed by atoms with Crippen molar-refractivity contribution in [2.24, 2.45) is 5.41 Å². The van der Waals surface area contributed by atoms with Gasteiger partial charge in [-0.2, -0.15) is 0 Å². The topological polar surface area (TPSA) is 176 Å². The summed E-state index contributed by atoms with van der Waals surface area (Å²) in [5.74, 6) is -1.74. The van der Waals surface area contributed by atoms with E-state index in [0.717, 1.165) is 25.7 Å². The van der Waals surface area contributed by atoms with Gasteiger partial charge in [-0.1, -0.05) is 19.8 Å². The van der Waals surface area contributed by atoms with Crippen LogP contribution in [-0.2, 0) is 9.59 Å². The molecule has 164 valence electrons. The van der Waals surface area contributed by atoms with E-state index < -0.39 is 17.4 Å². The largest absolute Gasteiger partial charge is 0.481 e. The Bertz CT molecular complexity index is 291. The van der Waals surface area contributed by atoms with Gasteiger partial charge in [-0.25, -0.2) is 0 Å². The number of aliphatic hydroxyl groups excluding tert-OH is 5. The maximum Gasteiger partial charge on any atom is 0.303 e. The fourth-order valence-electron chi connectivity index (χ4n) is 1.62. The van der Waals surface area contributed by atoms with E-state index in [1.807, 2.05) is 6.92 Å². The highest BCUT2D eigenvalue weighted by molar-refractivity contribution is 5.67. The molecule has 0 aliphatic heterocycles. The number of aliphatic carboxylic acids is 2. The van der Waals surface area contributed by atoms with Crippen LogP contribution in [0.3, 0.4) is 0 Å². The molecule has 0 radical (unpaired) electrons. The highest BCUT2D eigenvalue weighted by Gasteiger charge is 2.24. The summed E-state index contributed by atoms with van der Waals surface area (Å²) in [5.41, 5.74) is -0.667. The van der Waals surface area contributed by atoms with Crippen molar-refractivity contribution in [3.05, 3.63) is 0 Å². The molecule has 7 N–H and O–H groups in total. The Balaban J connectivity index is -0.000000322. The van der Waals surface area contributed by atoms with Crippen LogP contribution >= 0.6 is 0 Å². The molecule has 0 spiro atoms. The average molecular weight is 398 g/mol. The minimum atomic E-state index is -0.870. The number of carboxylic acid groups (broad SMARTS) is 2. The fraction of sp³-hybridized carbons (Fsp3) is 0.889. The summed E-state index contributed by atoms with van der Waals surface area (Å²) in [4.78, 5) is 19.8. The number of carboxylic acids is 2. The summed E-state index contributed by atoms with van der Waals surface area (Å²) in [6.45, 7) is 1.92. The average Bonchev–Trinajstić information content (AvgIpc) is 2.66. The minimum absolute atomic E-state index is 0.0628. The van der Waals surface area contributed by atoms with Crippen molar-refractivity contribution in [3.8, 4) is 0 Å². The maximum atomic E-state index is 9.90. The van der Waals surface area contributed by atoms with Gasteiger partial charge in [-0.3, -0.25) is 9.59 Å². The van der Waals surface area contributed by atoms with Gasteiger partial charge < -0.3 is 35.7 Å². The van der Waals surface area contributed by atoms with E-state index in [0.29, 0.717) is 19.3 Å². The van der Waals surface area contributed by atoms with Gasteiger partial charge in [0.05, 0.1) is 19.8 Å². The molecule has 9 nitrogen and oxygen atoms in total. The van der Waals surface area contributed by atoms with Gasteiger partial charge in [-0.05, 0) is 32.1 Å². The van der Waals surface area contributed by atoms with Crippen molar-refractivity contribution < 1.29 is 45.3 Å². The zero-order chi connectivity index (χ0) is 21.6. The third kappa shape index (κ3) is 24.7. The lowest BCUT2D eigenvalue weighted by atomic mass is 9.88. The lowest BCUT2D eigenvalue weighted by Crippen LogP contribution is -2.32. The van der Waals surface area contributed by atoms with Crippen LogP contribution in [-0.4, -0.2) is 80.7 Å². The van der Waals surface area contributed by atoms with Crippen molar-refractivity contribution in [1.82, 2.24) is 0 Å². The number of carbonyl (C=O) groups is 2. The van der Waals surface area contributed by atoms with E-state index in [-0.39, 0.29) is 45.9 Å². The van der Waals surface area contributed by atoms with E-state index in [1.165, 1.54) is 0 Å². The number of hydrogen-bond donors (Lipinski definition) is 7. The van der Waals surface area contributed by atoms with Crippen molar-refractivity contribution in [2.75, 3.05) is 33.0 Å². The molecule has 0 saturated carbocycles. The zero-order valence-corrected chi connectivity index (χ0v) is 16.3. The van der Waals surface area contributed by atoms with Crippen LogP contribution in [0, 0.1) is 5.41 Å². The smallest absolute Gasteiger partial charge is 0.303 e. The van der Waals surface area contributed by atoms with Crippen molar-refractivity contribution in [2.45, 2.75) is 64.7 Å². The van der Waals surface area contributed by atoms with E-state index in [9.17, 15) is 9.59 Å². The molecule has 0 fully saturated rings. The van der Waals surface area contributed by atoms with Gasteiger partial charge in [0.1, 0.15) is 0 Å². The van der Waals surface area contributed by atoms with E-state index in [4.69, 9.17) is 35.7 Å². The Morgan fingerprint density at radius 3 is 1.11 bits per heavy atom. The van der Waals surface area contributed by atoms with Crippen LogP contribution in [0.15, 0.2) is 0 Å². The number of aliphatic hydroxyl groups is 5. The molecule has 27 heavy (non-hydrogen) atoms. The van der Waals surface area contributed by atoms with Gasteiger partial charge in [0.2, 0.25) is 0 Å². The Morgan fingerprint density at radius 1 is 0.630 bits per heavy atom. The lowest BCUT2D eigenvalue weighted by Gasteiger charge is -2.24. The summed E-state index contributed by atoms with van der Waals surface area (Å²) in [7, 11) is 0. The summed E-state index contributed by atoms with van der Waals surface area (Å²) in [6.07, 6.45) is 5.44. The summed E-state index contributed by atoms with van der Waals surface area (Å²) in [6, 6.07) is 0. The Morgan fingerprint density at radius 2 is 0.963 bits per heavy atom. The molecule has 0 heterocycles. The quantitative estimate of drug-likeness (QED) is 0.207. The number of unbranched alkanes of at least 4 members (excludes halogenated alkanes) is 4. The number of hydrogen-bond acceptors (Lipinski definition) is 7. The number of rotatable bonds is 14. The highest BCUT2D eigenvalue weighted by Crippen LogP contribution is 2.18. The third-order valence-electron chi connectivity index (χ3n) is 3.85. The second-order valence-electron chi connectivity index (χ2n) is 6.18. The third-order valence-corrected chi connectivity index (χ3v) is 3.85. The molecule has 0 amide bonds. The Hall–Kier alpha value is -1.26. The normalized spacial score (nSPS) is 10.3. The summed E-state index contributed by atoms with van der Waals surface area (Å²) >= 11 is 0. The van der Waals surface area contributed by atoms with Gasteiger partial charge in [-0.15, -0.1) is 0 Å². The molecular formula is C18H38O9. The first-order valence-electron chi connectivity index (χ1n) is 9.27. The Labute approximate surface area is 161 Å². The molecule has 0 unspecified atom stereocenters. The summed E-state index contributed by atoms with van der Waals surface area (Å²) in [5, 5.41) is 58.8. The first kappa shape index (κ1) is 30.5. The van der Waals surface area contributed by atoms with Crippen LogP contribution in [0.4, 0.5) is 0 Å². The van der Waals surface area contributed by atoms with Crippen LogP contribution in [0.1, 0.15) is 64.7 Å². The predicted molar refractivity (Wildman–Crippen MR) is 100 cm³/mol. The van der Waals surface area contributed by atoms with Crippen molar-refractivity contribution in [3.63, 3.8) is 0 Å². The highest BCUT2D eigenvalue weighted by atomic mass is 16.4. The van der Waals surface area contributed by atoms with E-state index in [1.54, 1.807) is 0 Å². The first-order valence-corrected chi connectivity index (χ1v) is 9.27. The van der Waals surface area contributed by atoms with Gasteiger partial charge in [0.25, 0.3) is 0 Å². The van der Waals surface area contributed by atoms with E-state index in [2.05, 4.69) is 0 Å². The predicted octanol–water partition coefficient (Wildman–Crippen LogP) is 0.607. The molecule has 0 aliphatic carbocycles. The van der Waals surface area contributed by atoms with Crippen LogP contribution in [0.2, 0.25) is 0 Å². The first-order chi connectivity index (χ1) is 12.8. The van der Waals surface area contributed by atoms with Crippen molar-refractivity contribution in [1.29, 1.82) is 0 Å². The molecule has 0 aromatic rings. The van der Waals surface area contributed by atoms with Gasteiger partial charge in [0, 0.05) is 31.5 Å². The minimum Gasteiger partial charge on any atom is -0.481 e. The molecule has 0 bridgehead atoms. The monoisotopic (exact) mass is 398 g/mol. The fourth-order valence-corrected chi connectivity index (χ4v) is 1.62. The standard InChI is InChI=1S/C6H10O4.C6H14O3.C6H14O2/c7-5(8)3-1-2-4-6(9)10;1-2-6(3-7,4-8)5-9;7-5-3-1-2-4-6-8/h1-4H2,(H,7,8)(H,9,10);7-9H,2-5H2,1H3;7-8H,1-6H2. The Kier molecular flexibility index (Phi) is 25.7. The molecule has 0 aromatic carbocycles. The second kappa shape index (κ2) is 22.8. The van der Waals surface area contributed by atoms with Crippen LogP contribution in [0.5, 0.6) is 0 Å². The van der Waals surface area contributed by atoms with Crippen molar-refractivity contribution >= 4 is 11.9 Å². The SMILES string of the molecule is CCC(CO)(CO)CO.O=C(O)CCCCC(=O)O.OCCCCCCO. The molecule has 0 aliphatic rings. The van der Waals surface area contributed by atoms with Crippen LogP contribution < -0.4 is 0 Å². The lowest BCUT2D eigenvalue weighted by molar-refractivity contribution is -0.139. The van der Waals surface area contributed by atoms with Crippen LogP contribution in [0.25, 0.3) is 0 Å². The molecule has 0 atom stereocenters.